The van der Waals surface area contributed by atoms with Gasteiger partial charge in [0.2, 0.25) is 10.0 Å². The molecule has 1 aromatic carbocycles. The maximum atomic E-state index is 13.2. The van der Waals surface area contributed by atoms with Crippen molar-refractivity contribution < 1.29 is 17.2 Å². The van der Waals surface area contributed by atoms with Gasteiger partial charge in [0.05, 0.1) is 17.1 Å². The van der Waals surface area contributed by atoms with Gasteiger partial charge in [-0.05, 0) is 43.9 Å². The van der Waals surface area contributed by atoms with Gasteiger partial charge in [-0.1, -0.05) is 0 Å². The molecule has 8 heteroatoms. The first-order valence-corrected chi connectivity index (χ1v) is 9.94. The van der Waals surface area contributed by atoms with E-state index in [1.165, 1.54) is 12.8 Å². The molecule has 0 unspecified atom stereocenters. The summed E-state index contributed by atoms with van der Waals surface area (Å²) in [5.74, 6) is -0.769. The van der Waals surface area contributed by atoms with Crippen molar-refractivity contribution in [2.75, 3.05) is 6.54 Å². The highest BCUT2D eigenvalue weighted by Gasteiger charge is 2.32. The molecular formula is C17H19F2N3O2S. The fourth-order valence-electron chi connectivity index (χ4n) is 2.97. The molecule has 134 valence electrons. The molecule has 2 aromatic rings. The molecule has 4 rings (SSSR count). The van der Waals surface area contributed by atoms with Gasteiger partial charge < -0.3 is 0 Å². The SMILES string of the molecule is O=S(=O)(NCCn1nc(C2CC2)cc1C1CC1)c1cc(F)cc(F)c1. The summed E-state index contributed by atoms with van der Waals surface area (Å²) in [5.41, 5.74) is 2.26. The van der Waals surface area contributed by atoms with E-state index in [4.69, 9.17) is 0 Å². The zero-order chi connectivity index (χ0) is 17.6. The molecule has 2 saturated carbocycles. The Balaban J connectivity index is 1.45. The molecule has 0 spiro atoms. The quantitative estimate of drug-likeness (QED) is 0.818. The van der Waals surface area contributed by atoms with Crippen LogP contribution < -0.4 is 4.72 Å². The lowest BCUT2D eigenvalue weighted by Gasteiger charge is -2.09. The Kier molecular flexibility index (Phi) is 4.11. The zero-order valence-corrected chi connectivity index (χ0v) is 14.4. The molecule has 0 aliphatic heterocycles. The highest BCUT2D eigenvalue weighted by Crippen LogP contribution is 2.44. The second kappa shape index (κ2) is 6.17. The molecule has 5 nitrogen and oxygen atoms in total. The van der Waals surface area contributed by atoms with Crippen molar-refractivity contribution in [2.24, 2.45) is 0 Å². The highest BCUT2D eigenvalue weighted by atomic mass is 32.2. The highest BCUT2D eigenvalue weighted by molar-refractivity contribution is 7.89. The van der Waals surface area contributed by atoms with E-state index in [2.05, 4.69) is 15.9 Å². The lowest BCUT2D eigenvalue weighted by molar-refractivity contribution is 0.542. The van der Waals surface area contributed by atoms with Crippen molar-refractivity contribution in [3.8, 4) is 0 Å². The number of aromatic nitrogens is 2. The lowest BCUT2D eigenvalue weighted by atomic mass is 10.2. The summed E-state index contributed by atoms with van der Waals surface area (Å²) in [5, 5.41) is 4.62. The van der Waals surface area contributed by atoms with E-state index >= 15 is 0 Å². The van der Waals surface area contributed by atoms with E-state index in [1.807, 2.05) is 4.68 Å². The minimum Gasteiger partial charge on any atom is -0.268 e. The Bertz CT molecular complexity index is 882. The van der Waals surface area contributed by atoms with Gasteiger partial charge in [0.25, 0.3) is 0 Å². The number of benzene rings is 1. The van der Waals surface area contributed by atoms with Crippen LogP contribution >= 0.6 is 0 Å². The Labute approximate surface area is 145 Å². The molecule has 0 atom stereocenters. The monoisotopic (exact) mass is 367 g/mol. The van der Waals surface area contributed by atoms with Crippen LogP contribution in [0.3, 0.4) is 0 Å². The lowest BCUT2D eigenvalue weighted by Crippen LogP contribution is -2.28. The summed E-state index contributed by atoms with van der Waals surface area (Å²) in [6, 6.07) is 4.40. The molecular weight excluding hydrogens is 348 g/mol. The molecule has 0 bridgehead atoms. The van der Waals surface area contributed by atoms with Gasteiger partial charge in [0.1, 0.15) is 11.6 Å². The summed E-state index contributed by atoms with van der Waals surface area (Å²) >= 11 is 0. The van der Waals surface area contributed by atoms with Gasteiger partial charge in [-0.25, -0.2) is 21.9 Å². The average Bonchev–Trinajstić information content (AvgIpc) is 3.45. The number of nitrogens with zero attached hydrogens (tertiary/aromatic N) is 2. The fourth-order valence-corrected chi connectivity index (χ4v) is 4.03. The van der Waals surface area contributed by atoms with Crippen LogP contribution in [0, 0.1) is 11.6 Å². The number of nitrogens with one attached hydrogen (secondary N) is 1. The Morgan fingerprint density at radius 2 is 1.68 bits per heavy atom. The zero-order valence-electron chi connectivity index (χ0n) is 13.6. The van der Waals surface area contributed by atoms with Crippen LogP contribution in [-0.4, -0.2) is 24.7 Å². The molecule has 1 N–H and O–H groups in total. The summed E-state index contributed by atoms with van der Waals surface area (Å²) in [6.07, 6.45) is 4.62. The van der Waals surface area contributed by atoms with Crippen molar-refractivity contribution in [2.45, 2.75) is 49.0 Å². The van der Waals surface area contributed by atoms with E-state index in [1.54, 1.807) is 0 Å². The van der Waals surface area contributed by atoms with Gasteiger partial charge >= 0.3 is 0 Å². The molecule has 2 aliphatic carbocycles. The molecule has 2 fully saturated rings. The van der Waals surface area contributed by atoms with Gasteiger partial charge in [-0.15, -0.1) is 0 Å². The predicted molar refractivity (Wildman–Crippen MR) is 87.7 cm³/mol. The van der Waals surface area contributed by atoms with E-state index < -0.39 is 26.6 Å². The number of sulfonamides is 1. The number of hydrogen-bond acceptors (Lipinski definition) is 3. The standard InChI is InChI=1S/C17H19F2N3O2S/c18-13-7-14(19)9-15(8-13)25(23,24)20-5-6-22-17(12-3-4-12)10-16(21-22)11-1-2-11/h7-12,20H,1-6H2. The molecule has 0 amide bonds. The van der Waals surface area contributed by atoms with Crippen LogP contribution in [0.25, 0.3) is 0 Å². The second-order valence-electron chi connectivity index (χ2n) is 6.77. The van der Waals surface area contributed by atoms with Crippen LogP contribution in [-0.2, 0) is 16.6 Å². The normalized spacial score (nSPS) is 17.8. The van der Waals surface area contributed by atoms with Gasteiger partial charge in [-0.2, -0.15) is 5.10 Å². The molecule has 2 aliphatic rings. The van der Waals surface area contributed by atoms with Crippen LogP contribution in [0.15, 0.2) is 29.2 Å². The van der Waals surface area contributed by atoms with E-state index in [-0.39, 0.29) is 6.54 Å². The largest absolute Gasteiger partial charge is 0.268 e. The second-order valence-corrected chi connectivity index (χ2v) is 8.54. The Morgan fingerprint density at radius 1 is 1.04 bits per heavy atom. The van der Waals surface area contributed by atoms with Crippen LogP contribution in [0.5, 0.6) is 0 Å². The molecule has 1 aromatic heterocycles. The summed E-state index contributed by atoms with van der Waals surface area (Å²) < 4.78 is 55.2. The van der Waals surface area contributed by atoms with Crippen molar-refractivity contribution in [3.05, 3.63) is 47.3 Å². The number of halogens is 2. The van der Waals surface area contributed by atoms with E-state index in [0.29, 0.717) is 24.4 Å². The summed E-state index contributed by atoms with van der Waals surface area (Å²) in [6.45, 7) is 0.515. The first kappa shape index (κ1) is 16.7. The minimum atomic E-state index is -3.96. The molecule has 25 heavy (non-hydrogen) atoms. The van der Waals surface area contributed by atoms with Crippen molar-refractivity contribution in [1.29, 1.82) is 0 Å². The van der Waals surface area contributed by atoms with Gasteiger partial charge in [0, 0.05) is 30.1 Å². The third kappa shape index (κ3) is 3.74. The molecule has 0 saturated heterocycles. The first-order chi connectivity index (χ1) is 11.9. The number of hydrogen-bond donors (Lipinski definition) is 1. The smallest absolute Gasteiger partial charge is 0.240 e. The van der Waals surface area contributed by atoms with Crippen molar-refractivity contribution in [3.63, 3.8) is 0 Å². The van der Waals surface area contributed by atoms with Crippen LogP contribution in [0.1, 0.15) is 48.9 Å². The summed E-state index contributed by atoms with van der Waals surface area (Å²) in [7, 11) is -3.96. The van der Waals surface area contributed by atoms with Gasteiger partial charge in [-0.3, -0.25) is 4.68 Å². The maximum Gasteiger partial charge on any atom is 0.240 e. The summed E-state index contributed by atoms with van der Waals surface area (Å²) in [4.78, 5) is -0.411. The van der Waals surface area contributed by atoms with Crippen molar-refractivity contribution in [1.82, 2.24) is 14.5 Å². The van der Waals surface area contributed by atoms with E-state index in [9.17, 15) is 17.2 Å². The first-order valence-electron chi connectivity index (χ1n) is 8.46. The molecule has 0 radical (unpaired) electrons. The topological polar surface area (TPSA) is 64.0 Å². The average molecular weight is 367 g/mol. The van der Waals surface area contributed by atoms with Crippen molar-refractivity contribution >= 4 is 10.0 Å². The van der Waals surface area contributed by atoms with Crippen LogP contribution in [0.4, 0.5) is 8.78 Å². The fraction of sp³-hybridized carbons (Fsp3) is 0.471. The molecule has 1 heterocycles. The van der Waals surface area contributed by atoms with Crippen LogP contribution in [0.2, 0.25) is 0 Å². The van der Waals surface area contributed by atoms with Gasteiger partial charge in [0.15, 0.2) is 0 Å². The minimum absolute atomic E-state index is 0.117. The van der Waals surface area contributed by atoms with E-state index in [0.717, 1.165) is 36.4 Å². The third-order valence-electron chi connectivity index (χ3n) is 4.58. The third-order valence-corrected chi connectivity index (χ3v) is 6.02. The number of rotatable bonds is 7. The predicted octanol–water partition coefficient (Wildman–Crippen LogP) is 2.89. The Hall–Kier alpha value is -1.80. The Morgan fingerprint density at radius 3 is 2.28 bits per heavy atom. The maximum absolute atomic E-state index is 13.2.